The van der Waals surface area contributed by atoms with E-state index in [9.17, 15) is 18.0 Å². The number of benzene rings is 1. The van der Waals surface area contributed by atoms with Crippen molar-refractivity contribution in [2.24, 2.45) is 0 Å². The zero-order valence-corrected chi connectivity index (χ0v) is 12.5. The number of hydrogen-bond acceptors (Lipinski definition) is 4. The molecule has 23 heavy (non-hydrogen) atoms. The van der Waals surface area contributed by atoms with Gasteiger partial charge in [0.05, 0.1) is 0 Å². The molecule has 1 amide bonds. The van der Waals surface area contributed by atoms with E-state index >= 15 is 0 Å². The van der Waals surface area contributed by atoms with Crippen molar-refractivity contribution >= 4 is 5.91 Å². The lowest BCUT2D eigenvalue weighted by Crippen LogP contribution is -2.63. The Morgan fingerprint density at radius 3 is 2.78 bits per heavy atom. The lowest BCUT2D eigenvalue weighted by molar-refractivity contribution is -0.275. The summed E-state index contributed by atoms with van der Waals surface area (Å²) in [5.41, 5.74) is 0.467. The zero-order chi connectivity index (χ0) is 16.4. The van der Waals surface area contributed by atoms with Gasteiger partial charge in [-0.3, -0.25) is 14.6 Å². The van der Waals surface area contributed by atoms with Crippen LogP contribution in [0.1, 0.15) is 5.56 Å². The molecule has 0 spiro atoms. The number of halogens is 3. The largest absolute Gasteiger partial charge is 0.573 e. The first-order valence-corrected chi connectivity index (χ1v) is 7.50. The molecule has 3 rings (SSSR count). The molecule has 0 radical (unpaired) electrons. The molecule has 1 aromatic rings. The lowest BCUT2D eigenvalue weighted by atomic mass is 10.1. The van der Waals surface area contributed by atoms with Crippen LogP contribution in [-0.4, -0.2) is 60.8 Å². The van der Waals surface area contributed by atoms with Crippen LogP contribution in [0.4, 0.5) is 13.2 Å². The van der Waals surface area contributed by atoms with E-state index in [0.29, 0.717) is 31.7 Å². The fourth-order valence-electron chi connectivity index (χ4n) is 3.08. The summed E-state index contributed by atoms with van der Waals surface area (Å²) in [4.78, 5) is 16.0. The van der Waals surface area contributed by atoms with Gasteiger partial charge in [0.1, 0.15) is 11.8 Å². The number of nitrogens with one attached hydrogen (secondary N) is 1. The minimum atomic E-state index is -4.71. The second-order valence-corrected chi connectivity index (χ2v) is 5.73. The van der Waals surface area contributed by atoms with Gasteiger partial charge in [0.2, 0.25) is 5.91 Å². The number of amides is 1. The highest BCUT2D eigenvalue weighted by Crippen LogP contribution is 2.27. The summed E-state index contributed by atoms with van der Waals surface area (Å²) >= 11 is 0. The smallest absolute Gasteiger partial charge is 0.405 e. The molecule has 1 atom stereocenters. The monoisotopic (exact) mass is 329 g/mol. The number of nitrogens with zero attached hydrogens (tertiary/aromatic N) is 2. The molecule has 0 aromatic heterocycles. The standard InChI is InChI=1S/C15H18F3N3O2/c16-15(17,18)23-13-4-2-1-3-11(13)9-20-7-8-21-6-5-19-14(22)12(21)10-20/h1-4,12H,5-10H2,(H,19,22). The highest BCUT2D eigenvalue weighted by atomic mass is 19.4. The van der Waals surface area contributed by atoms with Crippen molar-refractivity contribution in [3.8, 4) is 5.75 Å². The van der Waals surface area contributed by atoms with Crippen LogP contribution in [0, 0.1) is 0 Å². The first-order chi connectivity index (χ1) is 10.9. The van der Waals surface area contributed by atoms with Crippen LogP contribution >= 0.6 is 0 Å². The summed E-state index contributed by atoms with van der Waals surface area (Å²) in [7, 11) is 0. The van der Waals surface area contributed by atoms with Crippen LogP contribution in [0.25, 0.3) is 0 Å². The van der Waals surface area contributed by atoms with Gasteiger partial charge in [-0.25, -0.2) is 0 Å². The van der Waals surface area contributed by atoms with E-state index in [0.717, 1.165) is 13.1 Å². The Morgan fingerprint density at radius 2 is 2.00 bits per heavy atom. The molecule has 2 fully saturated rings. The van der Waals surface area contributed by atoms with Crippen molar-refractivity contribution in [1.82, 2.24) is 15.1 Å². The molecule has 1 N–H and O–H groups in total. The van der Waals surface area contributed by atoms with E-state index in [1.54, 1.807) is 12.1 Å². The predicted octanol–water partition coefficient (Wildman–Crippen LogP) is 1.20. The predicted molar refractivity (Wildman–Crippen MR) is 76.8 cm³/mol. The summed E-state index contributed by atoms with van der Waals surface area (Å²) in [6.07, 6.45) is -4.71. The number of ether oxygens (including phenoxy) is 1. The van der Waals surface area contributed by atoms with Crippen molar-refractivity contribution in [1.29, 1.82) is 0 Å². The van der Waals surface area contributed by atoms with Gasteiger partial charge >= 0.3 is 6.36 Å². The van der Waals surface area contributed by atoms with Crippen molar-refractivity contribution in [3.05, 3.63) is 29.8 Å². The van der Waals surface area contributed by atoms with Gasteiger partial charge in [-0.2, -0.15) is 0 Å². The van der Waals surface area contributed by atoms with Crippen LogP contribution in [-0.2, 0) is 11.3 Å². The third-order valence-corrected chi connectivity index (χ3v) is 4.17. The Labute approximate surface area is 132 Å². The molecule has 2 heterocycles. The molecule has 126 valence electrons. The van der Waals surface area contributed by atoms with Gasteiger partial charge in [0.25, 0.3) is 0 Å². The second kappa shape index (κ2) is 6.37. The van der Waals surface area contributed by atoms with Gasteiger partial charge in [-0.15, -0.1) is 13.2 Å². The van der Waals surface area contributed by atoms with Crippen LogP contribution in [0.15, 0.2) is 24.3 Å². The summed E-state index contributed by atoms with van der Waals surface area (Å²) in [6.45, 7) is 3.75. The van der Waals surface area contributed by atoms with Crippen molar-refractivity contribution in [2.45, 2.75) is 18.9 Å². The Bertz CT molecular complexity index is 579. The Morgan fingerprint density at radius 1 is 1.22 bits per heavy atom. The highest BCUT2D eigenvalue weighted by molar-refractivity contribution is 5.82. The highest BCUT2D eigenvalue weighted by Gasteiger charge is 2.35. The van der Waals surface area contributed by atoms with E-state index in [1.807, 2.05) is 4.90 Å². The average molecular weight is 329 g/mol. The fraction of sp³-hybridized carbons (Fsp3) is 0.533. The molecule has 2 aliphatic heterocycles. The molecule has 8 heteroatoms. The maximum absolute atomic E-state index is 12.5. The van der Waals surface area contributed by atoms with E-state index in [4.69, 9.17) is 0 Å². The van der Waals surface area contributed by atoms with Crippen LogP contribution < -0.4 is 10.1 Å². The number of rotatable bonds is 3. The fourth-order valence-corrected chi connectivity index (χ4v) is 3.08. The lowest BCUT2D eigenvalue weighted by Gasteiger charge is -2.43. The van der Waals surface area contributed by atoms with Gasteiger partial charge in [0, 0.05) is 44.8 Å². The molecule has 2 saturated heterocycles. The normalized spacial score (nSPS) is 23.3. The number of fused-ring (bicyclic) bond motifs is 1. The maximum atomic E-state index is 12.5. The zero-order valence-electron chi connectivity index (χ0n) is 12.5. The first kappa shape index (κ1) is 16.1. The Hall–Kier alpha value is -1.80. The van der Waals surface area contributed by atoms with Crippen LogP contribution in [0.2, 0.25) is 0 Å². The quantitative estimate of drug-likeness (QED) is 0.905. The topological polar surface area (TPSA) is 44.8 Å². The van der Waals surface area contributed by atoms with Crippen LogP contribution in [0.5, 0.6) is 5.75 Å². The third-order valence-electron chi connectivity index (χ3n) is 4.17. The molecule has 1 unspecified atom stereocenters. The number of carbonyl (C=O) groups excluding carboxylic acids is 1. The Kier molecular flexibility index (Phi) is 4.45. The molecule has 0 aliphatic carbocycles. The molecule has 1 aromatic carbocycles. The molecule has 5 nitrogen and oxygen atoms in total. The third kappa shape index (κ3) is 3.94. The van der Waals surface area contributed by atoms with E-state index < -0.39 is 6.36 Å². The van der Waals surface area contributed by atoms with Gasteiger partial charge in [-0.05, 0) is 6.07 Å². The molecular weight excluding hydrogens is 311 g/mol. The maximum Gasteiger partial charge on any atom is 0.573 e. The Balaban J connectivity index is 1.69. The van der Waals surface area contributed by atoms with Gasteiger partial charge in [0.15, 0.2) is 0 Å². The van der Waals surface area contributed by atoms with Gasteiger partial charge < -0.3 is 10.1 Å². The molecule has 0 saturated carbocycles. The summed E-state index contributed by atoms with van der Waals surface area (Å²) < 4.78 is 41.5. The summed E-state index contributed by atoms with van der Waals surface area (Å²) in [5, 5.41) is 2.83. The minimum Gasteiger partial charge on any atom is -0.405 e. The summed E-state index contributed by atoms with van der Waals surface area (Å²) in [6, 6.07) is 5.90. The van der Waals surface area contributed by atoms with Crippen molar-refractivity contribution in [3.63, 3.8) is 0 Å². The van der Waals surface area contributed by atoms with E-state index in [-0.39, 0.29) is 17.7 Å². The number of alkyl halides is 3. The average Bonchev–Trinajstić information content (AvgIpc) is 2.49. The number of para-hydroxylation sites is 1. The van der Waals surface area contributed by atoms with E-state index in [2.05, 4.69) is 15.0 Å². The number of hydrogen-bond donors (Lipinski definition) is 1. The summed E-state index contributed by atoms with van der Waals surface area (Å²) in [5.74, 6) is -0.198. The molecule has 2 aliphatic rings. The molecular formula is C15H18F3N3O2. The van der Waals surface area contributed by atoms with Gasteiger partial charge in [-0.1, -0.05) is 18.2 Å². The van der Waals surface area contributed by atoms with Crippen molar-refractivity contribution in [2.75, 3.05) is 32.7 Å². The molecule has 0 bridgehead atoms. The van der Waals surface area contributed by atoms with Crippen molar-refractivity contribution < 1.29 is 22.7 Å². The van der Waals surface area contributed by atoms with E-state index in [1.165, 1.54) is 12.1 Å². The van der Waals surface area contributed by atoms with Crippen LogP contribution in [0.3, 0.4) is 0 Å². The first-order valence-electron chi connectivity index (χ1n) is 7.50. The second-order valence-electron chi connectivity index (χ2n) is 5.73. The number of piperazine rings is 2. The SMILES string of the molecule is O=C1NCCN2CCN(Cc3ccccc3OC(F)(F)F)CC12. The number of carbonyl (C=O) groups is 1. The minimum absolute atomic E-state index is 0.0132.